The predicted octanol–water partition coefficient (Wildman–Crippen LogP) is 3.44. The highest BCUT2D eigenvalue weighted by Crippen LogP contribution is 2.00. The molecule has 1 amide bonds. The lowest BCUT2D eigenvalue weighted by Crippen LogP contribution is -2.33. The Bertz CT molecular complexity index is 154. The third-order valence-corrected chi connectivity index (χ3v) is 2.22. The Kier molecular flexibility index (Phi) is 9.33. The Morgan fingerprint density at radius 3 is 2.07 bits per heavy atom. The number of amides is 1. The van der Waals surface area contributed by atoms with E-state index in [9.17, 15) is 4.79 Å². The molecule has 3 heteroatoms. The maximum absolute atomic E-state index is 11.6. The Labute approximate surface area is 93.8 Å². The number of carbonyl (C=O) groups is 1. The van der Waals surface area contributed by atoms with Crippen molar-refractivity contribution < 1.29 is 9.53 Å². The zero-order valence-electron chi connectivity index (χ0n) is 10.4. The molecular formula is C12H25NO2. The van der Waals surface area contributed by atoms with E-state index in [1.807, 2.05) is 0 Å². The molecule has 0 aromatic heterocycles. The minimum atomic E-state index is -0.144. The summed E-state index contributed by atoms with van der Waals surface area (Å²) in [7, 11) is 0. The second-order valence-electron chi connectivity index (χ2n) is 3.81. The topological polar surface area (TPSA) is 29.5 Å². The smallest absolute Gasteiger partial charge is 0.409 e. The molecule has 0 aliphatic rings. The van der Waals surface area contributed by atoms with Crippen molar-refractivity contribution in [3.63, 3.8) is 0 Å². The van der Waals surface area contributed by atoms with Gasteiger partial charge in [-0.05, 0) is 19.3 Å². The first-order valence-corrected chi connectivity index (χ1v) is 6.17. The molecule has 0 saturated heterocycles. The number of rotatable bonds is 8. The van der Waals surface area contributed by atoms with Crippen molar-refractivity contribution in [3.8, 4) is 0 Å². The molecule has 3 nitrogen and oxygen atoms in total. The van der Waals surface area contributed by atoms with E-state index in [0.29, 0.717) is 6.61 Å². The monoisotopic (exact) mass is 215 g/mol. The molecule has 0 unspecified atom stereocenters. The van der Waals surface area contributed by atoms with Gasteiger partial charge in [0.15, 0.2) is 0 Å². The van der Waals surface area contributed by atoms with Crippen LogP contribution in [-0.4, -0.2) is 30.7 Å². The first-order valence-electron chi connectivity index (χ1n) is 6.17. The van der Waals surface area contributed by atoms with Crippen LogP contribution >= 0.6 is 0 Å². The molecule has 0 aromatic rings. The van der Waals surface area contributed by atoms with Crippen LogP contribution in [0.3, 0.4) is 0 Å². The van der Waals surface area contributed by atoms with Crippen LogP contribution in [0.5, 0.6) is 0 Å². The first kappa shape index (κ1) is 14.3. The number of hydrogen-bond donors (Lipinski definition) is 0. The molecule has 0 bridgehead atoms. The fourth-order valence-electron chi connectivity index (χ4n) is 1.44. The SMILES string of the molecule is CCCCCOC(=O)N(CCC)CCC. The summed E-state index contributed by atoms with van der Waals surface area (Å²) in [6, 6.07) is 0. The van der Waals surface area contributed by atoms with Gasteiger partial charge < -0.3 is 9.64 Å². The quantitative estimate of drug-likeness (QED) is 0.580. The second kappa shape index (κ2) is 9.81. The van der Waals surface area contributed by atoms with Crippen molar-refractivity contribution in [3.05, 3.63) is 0 Å². The van der Waals surface area contributed by atoms with E-state index in [1.165, 1.54) is 0 Å². The van der Waals surface area contributed by atoms with Gasteiger partial charge in [0.1, 0.15) is 0 Å². The molecule has 0 N–H and O–H groups in total. The van der Waals surface area contributed by atoms with E-state index < -0.39 is 0 Å². The van der Waals surface area contributed by atoms with Gasteiger partial charge in [-0.15, -0.1) is 0 Å². The Balaban J connectivity index is 3.70. The summed E-state index contributed by atoms with van der Waals surface area (Å²) >= 11 is 0. The maximum Gasteiger partial charge on any atom is 0.409 e. The number of hydrogen-bond acceptors (Lipinski definition) is 2. The lowest BCUT2D eigenvalue weighted by molar-refractivity contribution is 0.101. The van der Waals surface area contributed by atoms with Crippen LogP contribution in [0, 0.1) is 0 Å². The van der Waals surface area contributed by atoms with E-state index in [4.69, 9.17) is 4.74 Å². The predicted molar refractivity (Wildman–Crippen MR) is 63.0 cm³/mol. The van der Waals surface area contributed by atoms with Gasteiger partial charge in [0.2, 0.25) is 0 Å². The molecule has 90 valence electrons. The average molecular weight is 215 g/mol. The molecule has 0 aliphatic heterocycles. The Morgan fingerprint density at radius 1 is 1.00 bits per heavy atom. The van der Waals surface area contributed by atoms with E-state index in [-0.39, 0.29) is 6.09 Å². The summed E-state index contributed by atoms with van der Waals surface area (Å²) in [5.41, 5.74) is 0. The molecular weight excluding hydrogens is 190 g/mol. The van der Waals surface area contributed by atoms with Crippen LogP contribution in [0.25, 0.3) is 0 Å². The molecule has 0 atom stereocenters. The molecule has 0 saturated carbocycles. The minimum Gasteiger partial charge on any atom is -0.449 e. The molecule has 0 aromatic carbocycles. The van der Waals surface area contributed by atoms with Crippen molar-refractivity contribution in [2.45, 2.75) is 52.9 Å². The van der Waals surface area contributed by atoms with E-state index in [1.54, 1.807) is 4.90 Å². The normalized spacial score (nSPS) is 10.1. The van der Waals surface area contributed by atoms with Gasteiger partial charge in [0, 0.05) is 13.1 Å². The molecule has 0 radical (unpaired) electrons. The summed E-state index contributed by atoms with van der Waals surface area (Å²) in [5, 5.41) is 0. The first-order chi connectivity index (χ1) is 7.26. The van der Waals surface area contributed by atoms with E-state index in [2.05, 4.69) is 20.8 Å². The third kappa shape index (κ3) is 7.23. The Morgan fingerprint density at radius 2 is 1.60 bits per heavy atom. The molecule has 0 heterocycles. The van der Waals surface area contributed by atoms with Gasteiger partial charge in [-0.1, -0.05) is 33.6 Å². The van der Waals surface area contributed by atoms with Crippen molar-refractivity contribution in [2.24, 2.45) is 0 Å². The van der Waals surface area contributed by atoms with Crippen molar-refractivity contribution in [2.75, 3.05) is 19.7 Å². The highest BCUT2D eigenvalue weighted by molar-refractivity contribution is 5.67. The summed E-state index contributed by atoms with van der Waals surface area (Å²) in [4.78, 5) is 13.4. The maximum atomic E-state index is 11.6. The summed E-state index contributed by atoms with van der Waals surface area (Å²) in [6.07, 6.45) is 5.11. The van der Waals surface area contributed by atoms with Gasteiger partial charge in [-0.3, -0.25) is 0 Å². The van der Waals surface area contributed by atoms with Crippen LogP contribution < -0.4 is 0 Å². The summed E-state index contributed by atoms with van der Waals surface area (Å²) in [5.74, 6) is 0. The number of ether oxygens (including phenoxy) is 1. The largest absolute Gasteiger partial charge is 0.449 e. The number of nitrogens with zero attached hydrogens (tertiary/aromatic N) is 1. The third-order valence-electron chi connectivity index (χ3n) is 2.22. The lowest BCUT2D eigenvalue weighted by atomic mass is 10.3. The van der Waals surface area contributed by atoms with Gasteiger partial charge in [0.25, 0.3) is 0 Å². The summed E-state index contributed by atoms with van der Waals surface area (Å²) < 4.78 is 5.20. The second-order valence-corrected chi connectivity index (χ2v) is 3.81. The highest BCUT2D eigenvalue weighted by atomic mass is 16.6. The summed E-state index contributed by atoms with van der Waals surface area (Å²) in [6.45, 7) is 8.47. The van der Waals surface area contributed by atoms with Crippen LogP contribution in [-0.2, 0) is 4.74 Å². The van der Waals surface area contributed by atoms with Crippen LogP contribution in [0.4, 0.5) is 4.79 Å². The minimum absolute atomic E-state index is 0.144. The van der Waals surface area contributed by atoms with Crippen molar-refractivity contribution in [1.29, 1.82) is 0 Å². The zero-order valence-corrected chi connectivity index (χ0v) is 10.4. The van der Waals surface area contributed by atoms with Gasteiger partial charge in [0.05, 0.1) is 6.61 Å². The lowest BCUT2D eigenvalue weighted by Gasteiger charge is -2.20. The van der Waals surface area contributed by atoms with E-state index >= 15 is 0 Å². The molecule has 0 spiro atoms. The van der Waals surface area contributed by atoms with Crippen molar-refractivity contribution >= 4 is 6.09 Å². The van der Waals surface area contributed by atoms with Gasteiger partial charge in [-0.2, -0.15) is 0 Å². The van der Waals surface area contributed by atoms with Gasteiger partial charge in [-0.25, -0.2) is 4.79 Å². The fraction of sp³-hybridized carbons (Fsp3) is 0.917. The van der Waals surface area contributed by atoms with Crippen LogP contribution in [0.1, 0.15) is 52.9 Å². The van der Waals surface area contributed by atoms with Crippen LogP contribution in [0.2, 0.25) is 0 Å². The highest BCUT2D eigenvalue weighted by Gasteiger charge is 2.11. The van der Waals surface area contributed by atoms with Crippen molar-refractivity contribution in [1.82, 2.24) is 4.90 Å². The average Bonchev–Trinajstić information content (AvgIpc) is 2.24. The number of carbonyl (C=O) groups excluding carboxylic acids is 1. The number of unbranched alkanes of at least 4 members (excludes halogenated alkanes) is 2. The Hall–Kier alpha value is -0.730. The molecule has 15 heavy (non-hydrogen) atoms. The van der Waals surface area contributed by atoms with E-state index in [0.717, 1.165) is 45.2 Å². The molecule has 0 fully saturated rings. The standard InChI is InChI=1S/C12H25NO2/c1-4-7-8-11-15-12(14)13(9-5-2)10-6-3/h4-11H2,1-3H3. The molecule has 0 rings (SSSR count). The zero-order chi connectivity index (χ0) is 11.5. The molecule has 0 aliphatic carbocycles. The van der Waals surface area contributed by atoms with Crippen LogP contribution in [0.15, 0.2) is 0 Å². The van der Waals surface area contributed by atoms with Gasteiger partial charge >= 0.3 is 6.09 Å². The fourth-order valence-corrected chi connectivity index (χ4v) is 1.44.